The molecule has 0 heteroatoms. The lowest BCUT2D eigenvalue weighted by Gasteiger charge is -2.44. The second kappa shape index (κ2) is 2.17. The summed E-state index contributed by atoms with van der Waals surface area (Å²) >= 11 is 0. The van der Waals surface area contributed by atoms with Gasteiger partial charge in [-0.25, -0.2) is 0 Å². The highest BCUT2D eigenvalue weighted by Gasteiger charge is 2.86. The normalized spacial score (nSPS) is 69.0. The SMILES string of the molecule is CC(C)[C@@H]1CC[C@@]2(C)[C@@H]3CC4C([C@@H]31)C42C. The van der Waals surface area contributed by atoms with Crippen LogP contribution in [0, 0.1) is 46.3 Å². The maximum absolute atomic E-state index is 2.63. The fourth-order valence-corrected chi connectivity index (χ4v) is 6.72. The molecule has 0 nitrogen and oxygen atoms in total. The van der Waals surface area contributed by atoms with Gasteiger partial charge in [0.05, 0.1) is 0 Å². The second-order valence-electron chi connectivity index (χ2n) is 7.70. The van der Waals surface area contributed by atoms with Gasteiger partial charge in [0.25, 0.3) is 0 Å². The highest BCUT2D eigenvalue weighted by Crippen LogP contribution is 2.91. The van der Waals surface area contributed by atoms with Gasteiger partial charge >= 0.3 is 0 Å². The largest absolute Gasteiger partial charge is 0.0625 e. The topological polar surface area (TPSA) is 0 Å². The molecule has 5 aliphatic rings. The summed E-state index contributed by atoms with van der Waals surface area (Å²) in [6.45, 7) is 10.2. The van der Waals surface area contributed by atoms with Gasteiger partial charge in [-0.05, 0) is 65.6 Å². The minimum Gasteiger partial charge on any atom is -0.0625 e. The molecule has 0 aliphatic heterocycles. The lowest BCUT2D eigenvalue weighted by molar-refractivity contribution is 0.0483. The van der Waals surface area contributed by atoms with E-state index in [1.165, 1.54) is 6.42 Å². The molecule has 0 amide bonds. The Kier molecular flexibility index (Phi) is 1.31. The number of hydrogen-bond donors (Lipinski definition) is 0. The van der Waals surface area contributed by atoms with Gasteiger partial charge < -0.3 is 0 Å². The maximum Gasteiger partial charge on any atom is -0.0204 e. The fraction of sp³-hybridized carbons (Fsp3) is 1.00. The first-order chi connectivity index (χ1) is 7.02. The van der Waals surface area contributed by atoms with Crippen molar-refractivity contribution in [3.63, 3.8) is 0 Å². The van der Waals surface area contributed by atoms with Crippen LogP contribution in [-0.2, 0) is 0 Å². The van der Waals surface area contributed by atoms with Crippen LogP contribution in [-0.4, -0.2) is 0 Å². The van der Waals surface area contributed by atoms with Crippen LogP contribution < -0.4 is 0 Å². The summed E-state index contributed by atoms with van der Waals surface area (Å²) in [4.78, 5) is 0. The summed E-state index contributed by atoms with van der Waals surface area (Å²) in [7, 11) is 0. The third-order valence-corrected chi connectivity index (χ3v) is 7.57. The molecule has 0 aromatic carbocycles. The van der Waals surface area contributed by atoms with E-state index in [1.807, 2.05) is 0 Å². The molecular weight excluding hydrogens is 180 g/mol. The molecule has 5 saturated carbocycles. The van der Waals surface area contributed by atoms with Gasteiger partial charge in [-0.3, -0.25) is 0 Å². The van der Waals surface area contributed by atoms with E-state index in [0.29, 0.717) is 0 Å². The minimum atomic E-state index is 0.762. The quantitative estimate of drug-likeness (QED) is 0.606. The van der Waals surface area contributed by atoms with Crippen molar-refractivity contribution in [3.8, 4) is 0 Å². The summed E-state index contributed by atoms with van der Waals surface area (Å²) < 4.78 is 0. The summed E-state index contributed by atoms with van der Waals surface area (Å²) in [6, 6.07) is 0. The van der Waals surface area contributed by atoms with Gasteiger partial charge in [0, 0.05) is 0 Å². The van der Waals surface area contributed by atoms with E-state index in [9.17, 15) is 0 Å². The van der Waals surface area contributed by atoms with E-state index in [0.717, 1.165) is 46.3 Å². The van der Waals surface area contributed by atoms with Crippen molar-refractivity contribution < 1.29 is 0 Å². The van der Waals surface area contributed by atoms with Gasteiger partial charge in [-0.1, -0.05) is 27.7 Å². The van der Waals surface area contributed by atoms with Gasteiger partial charge in [0.1, 0.15) is 0 Å². The van der Waals surface area contributed by atoms with Crippen LogP contribution >= 0.6 is 0 Å². The number of rotatable bonds is 1. The maximum atomic E-state index is 2.63. The number of hydrogen-bond acceptors (Lipinski definition) is 0. The van der Waals surface area contributed by atoms with E-state index in [1.54, 1.807) is 12.8 Å². The third-order valence-electron chi connectivity index (χ3n) is 7.57. The average Bonchev–Trinajstić information content (AvgIpc) is 2.49. The van der Waals surface area contributed by atoms with Gasteiger partial charge in [0.2, 0.25) is 0 Å². The molecule has 0 N–H and O–H groups in total. The van der Waals surface area contributed by atoms with Crippen molar-refractivity contribution >= 4 is 0 Å². The van der Waals surface area contributed by atoms with E-state index in [4.69, 9.17) is 0 Å². The lowest BCUT2D eigenvalue weighted by atomic mass is 9.61. The standard InChI is InChI=1S/C15H24/c1-8(2)9-5-6-14(3)10-7-11-13(12(9)10)15(11,14)4/h8-13H,5-7H2,1-4H3/t9-,10+,11?,12+,13?,14-,15?/m0/s1. The van der Waals surface area contributed by atoms with Gasteiger partial charge in [-0.2, -0.15) is 0 Å². The van der Waals surface area contributed by atoms with Crippen molar-refractivity contribution in [3.05, 3.63) is 0 Å². The van der Waals surface area contributed by atoms with Crippen molar-refractivity contribution in [1.29, 1.82) is 0 Å². The Hall–Kier alpha value is 0. The smallest absolute Gasteiger partial charge is 0.0204 e. The van der Waals surface area contributed by atoms with Crippen molar-refractivity contribution in [2.75, 3.05) is 0 Å². The highest BCUT2D eigenvalue weighted by molar-refractivity contribution is 5.33. The monoisotopic (exact) mass is 204 g/mol. The Morgan fingerprint density at radius 3 is 2.47 bits per heavy atom. The molecular formula is C15H24. The van der Waals surface area contributed by atoms with Crippen LogP contribution in [0.15, 0.2) is 0 Å². The Morgan fingerprint density at radius 1 is 1.13 bits per heavy atom. The summed E-state index contributed by atoms with van der Waals surface area (Å²) in [5, 5.41) is 0. The molecule has 5 fully saturated rings. The van der Waals surface area contributed by atoms with Crippen LogP contribution in [0.25, 0.3) is 0 Å². The zero-order valence-electron chi connectivity index (χ0n) is 10.6. The molecule has 0 heterocycles. The Balaban J connectivity index is 1.80. The van der Waals surface area contributed by atoms with Crippen LogP contribution in [0.3, 0.4) is 0 Å². The fourth-order valence-electron chi connectivity index (χ4n) is 6.72. The molecule has 0 spiro atoms. The molecule has 7 atom stereocenters. The molecule has 3 unspecified atom stereocenters. The van der Waals surface area contributed by atoms with Crippen molar-refractivity contribution in [2.45, 2.75) is 47.0 Å². The summed E-state index contributed by atoms with van der Waals surface area (Å²) in [5.74, 6) is 6.57. The molecule has 0 aromatic rings. The van der Waals surface area contributed by atoms with Crippen molar-refractivity contribution in [1.82, 2.24) is 0 Å². The summed E-state index contributed by atoms with van der Waals surface area (Å²) in [6.07, 6.45) is 4.68. The molecule has 5 aliphatic carbocycles. The van der Waals surface area contributed by atoms with Gasteiger partial charge in [0.15, 0.2) is 0 Å². The zero-order valence-corrected chi connectivity index (χ0v) is 10.6. The Labute approximate surface area is 93.8 Å². The Morgan fingerprint density at radius 2 is 1.87 bits per heavy atom. The van der Waals surface area contributed by atoms with E-state index in [2.05, 4.69) is 27.7 Å². The molecule has 6 bridgehead atoms. The van der Waals surface area contributed by atoms with Crippen LogP contribution in [0.1, 0.15) is 47.0 Å². The zero-order chi connectivity index (χ0) is 10.6. The van der Waals surface area contributed by atoms with Crippen LogP contribution in [0.5, 0.6) is 0 Å². The first kappa shape index (κ1) is 9.07. The first-order valence-corrected chi connectivity index (χ1v) is 7.02. The molecule has 0 radical (unpaired) electrons. The van der Waals surface area contributed by atoms with E-state index in [-0.39, 0.29) is 0 Å². The molecule has 84 valence electrons. The van der Waals surface area contributed by atoms with Crippen LogP contribution in [0.2, 0.25) is 0 Å². The van der Waals surface area contributed by atoms with Gasteiger partial charge in [-0.15, -0.1) is 0 Å². The predicted octanol–water partition coefficient (Wildman–Crippen LogP) is 3.96. The molecule has 15 heavy (non-hydrogen) atoms. The third kappa shape index (κ3) is 0.666. The summed E-state index contributed by atoms with van der Waals surface area (Å²) in [5.41, 5.74) is 1.56. The van der Waals surface area contributed by atoms with E-state index < -0.39 is 0 Å². The molecule has 0 saturated heterocycles. The highest BCUT2D eigenvalue weighted by atomic mass is 14.9. The minimum absolute atomic E-state index is 0.762. The van der Waals surface area contributed by atoms with Crippen LogP contribution in [0.4, 0.5) is 0 Å². The first-order valence-electron chi connectivity index (χ1n) is 7.02. The average molecular weight is 204 g/mol. The van der Waals surface area contributed by atoms with Crippen molar-refractivity contribution in [2.24, 2.45) is 46.3 Å². The predicted molar refractivity (Wildman–Crippen MR) is 62.4 cm³/mol. The Bertz CT molecular complexity index is 329. The second-order valence-corrected chi connectivity index (χ2v) is 7.70. The van der Waals surface area contributed by atoms with E-state index >= 15 is 0 Å². The lowest BCUT2D eigenvalue weighted by Crippen LogP contribution is -2.37. The molecule has 5 rings (SSSR count). The molecule has 0 aromatic heterocycles.